The molecule has 4 rings (SSSR count). The van der Waals surface area contributed by atoms with Crippen LogP contribution in [0, 0.1) is 0 Å². The standard InChI is InChI=1S/C25H24Cl2F3N5O4/c1-38-21-10-17(18(27)13-31-21)19-11-20(34-33-19)22(36)35-7-5-24(6-8-35,39-14-25(28,29)30)23(37)32-12-15-3-2-4-16(26)9-15/h2-4,9-11,13H,5-8,12,14H2,1H3,(H,32,37)(H,33,34). The van der Waals surface area contributed by atoms with Crippen molar-refractivity contribution in [2.24, 2.45) is 0 Å². The number of carbonyl (C=O) groups excluding carboxylic acids is 2. The Hall–Kier alpha value is -3.35. The second-order valence-corrected chi connectivity index (χ2v) is 9.72. The second kappa shape index (κ2) is 11.8. The maximum Gasteiger partial charge on any atom is 0.411 e. The van der Waals surface area contributed by atoms with E-state index in [1.54, 1.807) is 30.3 Å². The van der Waals surface area contributed by atoms with Crippen LogP contribution in [0.5, 0.6) is 5.88 Å². The number of piperidine rings is 1. The lowest BCUT2D eigenvalue weighted by Gasteiger charge is -2.40. The van der Waals surface area contributed by atoms with E-state index >= 15 is 0 Å². The van der Waals surface area contributed by atoms with Crippen molar-refractivity contribution in [3.63, 3.8) is 0 Å². The van der Waals surface area contributed by atoms with E-state index in [2.05, 4.69) is 20.5 Å². The molecule has 0 atom stereocenters. The highest BCUT2D eigenvalue weighted by Gasteiger charge is 2.46. The van der Waals surface area contributed by atoms with Gasteiger partial charge in [0.2, 0.25) is 5.88 Å². The summed E-state index contributed by atoms with van der Waals surface area (Å²) in [7, 11) is 1.45. The van der Waals surface area contributed by atoms with Crippen molar-refractivity contribution < 1.29 is 32.2 Å². The Balaban J connectivity index is 1.45. The summed E-state index contributed by atoms with van der Waals surface area (Å²) in [5.74, 6) is -0.836. The third kappa shape index (κ3) is 7.00. The number of ether oxygens (including phenoxy) is 2. The lowest BCUT2D eigenvalue weighted by Crippen LogP contribution is -2.57. The molecule has 39 heavy (non-hydrogen) atoms. The van der Waals surface area contributed by atoms with Gasteiger partial charge >= 0.3 is 6.18 Å². The predicted molar refractivity (Wildman–Crippen MR) is 137 cm³/mol. The number of likely N-dealkylation sites (tertiary alicyclic amines) is 1. The number of hydrogen-bond acceptors (Lipinski definition) is 6. The van der Waals surface area contributed by atoms with Gasteiger partial charge in [-0.05, 0) is 23.8 Å². The fourth-order valence-corrected chi connectivity index (χ4v) is 4.61. The zero-order valence-corrected chi connectivity index (χ0v) is 22.2. The van der Waals surface area contributed by atoms with E-state index in [0.29, 0.717) is 32.7 Å². The number of halogens is 5. The van der Waals surface area contributed by atoms with Crippen molar-refractivity contribution in [3.05, 3.63) is 63.9 Å². The molecule has 1 aliphatic heterocycles. The topological polar surface area (TPSA) is 109 Å². The van der Waals surface area contributed by atoms with Crippen LogP contribution in [0.15, 0.2) is 42.6 Å². The Bertz CT molecular complexity index is 1340. The van der Waals surface area contributed by atoms with E-state index in [9.17, 15) is 22.8 Å². The third-order valence-corrected chi connectivity index (χ3v) is 6.79. The van der Waals surface area contributed by atoms with Gasteiger partial charge in [-0.2, -0.15) is 18.3 Å². The normalized spacial score (nSPS) is 15.2. The number of nitrogens with zero attached hydrogens (tertiary/aromatic N) is 3. The van der Waals surface area contributed by atoms with Gasteiger partial charge in [0, 0.05) is 49.1 Å². The molecule has 0 aliphatic carbocycles. The minimum absolute atomic E-state index is 0.0205. The number of benzene rings is 1. The van der Waals surface area contributed by atoms with E-state index in [-0.39, 0.29) is 38.2 Å². The van der Waals surface area contributed by atoms with Crippen LogP contribution in [-0.2, 0) is 16.1 Å². The molecule has 0 unspecified atom stereocenters. The first-order valence-corrected chi connectivity index (χ1v) is 12.5. The van der Waals surface area contributed by atoms with E-state index in [4.69, 9.17) is 32.7 Å². The maximum absolute atomic E-state index is 13.1. The third-order valence-electron chi connectivity index (χ3n) is 6.25. The van der Waals surface area contributed by atoms with Crippen molar-refractivity contribution in [1.82, 2.24) is 25.4 Å². The Labute approximate surface area is 231 Å². The molecule has 2 N–H and O–H groups in total. The second-order valence-electron chi connectivity index (χ2n) is 8.88. The largest absolute Gasteiger partial charge is 0.481 e. The number of methoxy groups -OCH3 is 1. The van der Waals surface area contributed by atoms with Crippen LogP contribution < -0.4 is 10.1 Å². The quantitative estimate of drug-likeness (QED) is 0.398. The number of aromatic nitrogens is 3. The number of amides is 2. The molecule has 2 aromatic heterocycles. The Morgan fingerprint density at radius 3 is 2.59 bits per heavy atom. The van der Waals surface area contributed by atoms with Gasteiger partial charge in [0.1, 0.15) is 12.2 Å². The monoisotopic (exact) mass is 585 g/mol. The molecule has 208 valence electrons. The van der Waals surface area contributed by atoms with E-state index in [0.717, 1.165) is 0 Å². The van der Waals surface area contributed by atoms with Gasteiger partial charge in [-0.25, -0.2) is 4.98 Å². The highest BCUT2D eigenvalue weighted by Crippen LogP contribution is 2.32. The lowest BCUT2D eigenvalue weighted by molar-refractivity contribution is -0.212. The lowest BCUT2D eigenvalue weighted by atomic mass is 9.89. The summed E-state index contributed by atoms with van der Waals surface area (Å²) in [5.41, 5.74) is -0.0430. The summed E-state index contributed by atoms with van der Waals surface area (Å²) in [6.07, 6.45) is -3.50. The zero-order valence-electron chi connectivity index (χ0n) is 20.6. The average molecular weight is 586 g/mol. The fourth-order valence-electron chi connectivity index (χ4n) is 4.19. The first kappa shape index (κ1) is 28.7. The van der Waals surface area contributed by atoms with Gasteiger partial charge in [-0.1, -0.05) is 35.3 Å². The number of aromatic amines is 1. The van der Waals surface area contributed by atoms with Crippen LogP contribution in [0.3, 0.4) is 0 Å². The summed E-state index contributed by atoms with van der Waals surface area (Å²) in [6.45, 7) is -1.58. The van der Waals surface area contributed by atoms with Gasteiger partial charge in [0.15, 0.2) is 5.69 Å². The summed E-state index contributed by atoms with van der Waals surface area (Å²) < 4.78 is 49.3. The molecule has 2 amide bonds. The number of nitrogens with one attached hydrogen (secondary N) is 2. The zero-order chi connectivity index (χ0) is 28.2. The van der Waals surface area contributed by atoms with Crippen molar-refractivity contribution in [2.75, 3.05) is 26.8 Å². The molecule has 3 heterocycles. The molecule has 14 heteroatoms. The van der Waals surface area contributed by atoms with E-state index in [1.165, 1.54) is 24.3 Å². The summed E-state index contributed by atoms with van der Waals surface area (Å²) in [4.78, 5) is 31.7. The van der Waals surface area contributed by atoms with Gasteiger partial charge in [0.25, 0.3) is 11.8 Å². The van der Waals surface area contributed by atoms with Crippen LogP contribution in [0.2, 0.25) is 10.0 Å². The molecule has 1 aromatic carbocycles. The number of carbonyl (C=O) groups is 2. The number of H-pyrrole nitrogens is 1. The van der Waals surface area contributed by atoms with Crippen LogP contribution in [-0.4, -0.2) is 70.5 Å². The molecule has 1 saturated heterocycles. The number of pyridine rings is 1. The van der Waals surface area contributed by atoms with Gasteiger partial charge in [0.05, 0.1) is 24.0 Å². The van der Waals surface area contributed by atoms with Crippen molar-refractivity contribution in [2.45, 2.75) is 31.2 Å². The summed E-state index contributed by atoms with van der Waals surface area (Å²) in [6, 6.07) is 9.81. The SMILES string of the molecule is COc1cc(-c2cc(C(=O)N3CCC(OCC(F)(F)F)(C(=O)NCc4cccc(Cl)c4)CC3)n[nH]2)c(Cl)cn1. The first-order chi connectivity index (χ1) is 18.5. The fraction of sp³-hybridized carbons (Fsp3) is 0.360. The molecule has 1 aliphatic rings. The highest BCUT2D eigenvalue weighted by atomic mass is 35.5. The predicted octanol–water partition coefficient (Wildman–Crippen LogP) is 4.66. The number of rotatable bonds is 8. The number of hydrogen-bond donors (Lipinski definition) is 2. The van der Waals surface area contributed by atoms with Crippen molar-refractivity contribution in [3.8, 4) is 17.1 Å². The average Bonchev–Trinajstić information content (AvgIpc) is 3.40. The molecule has 0 bridgehead atoms. The van der Waals surface area contributed by atoms with Crippen molar-refractivity contribution in [1.29, 1.82) is 0 Å². The number of alkyl halides is 3. The molecule has 3 aromatic rings. The molecule has 9 nitrogen and oxygen atoms in total. The van der Waals surface area contributed by atoms with Gasteiger partial charge in [-0.15, -0.1) is 0 Å². The van der Waals surface area contributed by atoms with Gasteiger partial charge < -0.3 is 19.7 Å². The first-order valence-electron chi connectivity index (χ1n) is 11.8. The maximum atomic E-state index is 13.1. The molecule has 0 spiro atoms. The highest BCUT2D eigenvalue weighted by molar-refractivity contribution is 6.33. The minimum atomic E-state index is -4.63. The van der Waals surface area contributed by atoms with Crippen LogP contribution in [0.4, 0.5) is 13.2 Å². The van der Waals surface area contributed by atoms with Crippen LogP contribution >= 0.6 is 23.2 Å². The molecule has 0 saturated carbocycles. The Morgan fingerprint density at radius 1 is 1.18 bits per heavy atom. The molecule has 1 fully saturated rings. The van der Waals surface area contributed by atoms with Crippen LogP contribution in [0.25, 0.3) is 11.3 Å². The summed E-state index contributed by atoms with van der Waals surface area (Å²) >= 11 is 12.2. The van der Waals surface area contributed by atoms with E-state index in [1.807, 2.05) is 0 Å². The van der Waals surface area contributed by atoms with Gasteiger partial charge in [-0.3, -0.25) is 14.7 Å². The van der Waals surface area contributed by atoms with Crippen LogP contribution in [0.1, 0.15) is 28.9 Å². The molecular weight excluding hydrogens is 562 g/mol. The molecular formula is C25H24Cl2F3N5O4. The van der Waals surface area contributed by atoms with Crippen molar-refractivity contribution >= 4 is 35.0 Å². The Morgan fingerprint density at radius 2 is 1.92 bits per heavy atom. The van der Waals surface area contributed by atoms with E-state index < -0.39 is 30.2 Å². The molecule has 0 radical (unpaired) electrons. The summed E-state index contributed by atoms with van der Waals surface area (Å²) in [5, 5.41) is 10.2. The minimum Gasteiger partial charge on any atom is -0.481 e. The smallest absolute Gasteiger partial charge is 0.411 e. The Kier molecular flexibility index (Phi) is 8.67.